The third kappa shape index (κ3) is 2.97. The van der Waals surface area contributed by atoms with E-state index in [9.17, 15) is 14.7 Å². The molecule has 0 aromatic heterocycles. The number of phenolic OH excluding ortho intramolecular Hbond substituents is 1. The Hall–Kier alpha value is -1.93. The van der Waals surface area contributed by atoms with Crippen molar-refractivity contribution >= 4 is 51.2 Å². The van der Waals surface area contributed by atoms with Crippen molar-refractivity contribution in [3.8, 4) is 11.5 Å². The highest BCUT2D eigenvalue weighted by atomic mass is 79.9. The normalized spacial score (nSPS) is 17.0. The average Bonchev–Trinajstić information content (AvgIpc) is 2.45. The molecule has 1 aromatic carbocycles. The van der Waals surface area contributed by atoms with Crippen LogP contribution in [0.5, 0.6) is 11.5 Å². The summed E-state index contributed by atoms with van der Waals surface area (Å²) in [6, 6.07) is 2.95. The van der Waals surface area contributed by atoms with Gasteiger partial charge in [0, 0.05) is 11.0 Å². The molecule has 2 amide bonds. The van der Waals surface area contributed by atoms with Gasteiger partial charge in [0.15, 0.2) is 16.6 Å². The van der Waals surface area contributed by atoms with Crippen LogP contribution in [0.15, 0.2) is 22.2 Å². The largest absolute Gasteiger partial charge is 0.504 e. The lowest BCUT2D eigenvalue weighted by atomic mass is 10.1. The van der Waals surface area contributed by atoms with Crippen LogP contribution in [0.25, 0.3) is 6.08 Å². The number of halogens is 1. The standard InChI is InChI=1S/C14H13BrN2O4S/c1-3-17-13(20)8(12(19)16-14(17)22)4-7-5-11(21-2)10(18)6-9(7)15/h4-6,18H,3H2,1-2H3,(H,16,19,22)/b8-4+. The molecular formula is C14H13BrN2O4S. The summed E-state index contributed by atoms with van der Waals surface area (Å²) >= 11 is 8.24. The fourth-order valence-corrected chi connectivity index (χ4v) is 2.72. The predicted octanol–water partition coefficient (Wildman–Crippen LogP) is 1.81. The van der Waals surface area contributed by atoms with Gasteiger partial charge in [-0.25, -0.2) is 0 Å². The van der Waals surface area contributed by atoms with Crippen LogP contribution in [0, 0.1) is 0 Å². The van der Waals surface area contributed by atoms with E-state index in [0.29, 0.717) is 16.6 Å². The summed E-state index contributed by atoms with van der Waals surface area (Å²) < 4.78 is 5.55. The first-order chi connectivity index (χ1) is 10.4. The molecule has 1 aromatic rings. The van der Waals surface area contributed by atoms with E-state index < -0.39 is 11.8 Å². The van der Waals surface area contributed by atoms with Crippen LogP contribution in [0.1, 0.15) is 12.5 Å². The van der Waals surface area contributed by atoms with Gasteiger partial charge in [-0.15, -0.1) is 0 Å². The molecule has 2 N–H and O–H groups in total. The Morgan fingerprint density at radius 2 is 2.14 bits per heavy atom. The molecular weight excluding hydrogens is 372 g/mol. The van der Waals surface area contributed by atoms with Gasteiger partial charge in [0.25, 0.3) is 11.8 Å². The van der Waals surface area contributed by atoms with Gasteiger partial charge in [0.2, 0.25) is 0 Å². The lowest BCUT2D eigenvalue weighted by Crippen LogP contribution is -2.53. The minimum atomic E-state index is -0.557. The fourth-order valence-electron chi connectivity index (χ4n) is 1.97. The molecule has 1 aliphatic rings. The monoisotopic (exact) mass is 384 g/mol. The Bertz CT molecular complexity index is 702. The zero-order chi connectivity index (χ0) is 16.4. The Morgan fingerprint density at radius 3 is 2.73 bits per heavy atom. The summed E-state index contributed by atoms with van der Waals surface area (Å²) in [5, 5.41) is 12.3. The maximum atomic E-state index is 12.3. The van der Waals surface area contributed by atoms with Gasteiger partial charge in [-0.1, -0.05) is 15.9 Å². The number of amides is 2. The number of carbonyl (C=O) groups is 2. The van der Waals surface area contributed by atoms with Crippen LogP contribution in [-0.4, -0.2) is 40.6 Å². The molecule has 8 heteroatoms. The highest BCUT2D eigenvalue weighted by Crippen LogP contribution is 2.33. The average molecular weight is 385 g/mol. The van der Waals surface area contributed by atoms with Crippen molar-refractivity contribution in [2.24, 2.45) is 0 Å². The molecule has 1 fully saturated rings. The maximum absolute atomic E-state index is 12.3. The van der Waals surface area contributed by atoms with E-state index in [-0.39, 0.29) is 22.2 Å². The number of hydrogen-bond donors (Lipinski definition) is 2. The minimum absolute atomic E-state index is 0.0381. The Kier molecular flexibility index (Phi) is 4.82. The molecule has 0 radical (unpaired) electrons. The number of benzene rings is 1. The van der Waals surface area contributed by atoms with Crippen LogP contribution in [0.4, 0.5) is 0 Å². The second-order valence-corrected chi connectivity index (χ2v) is 5.65. The van der Waals surface area contributed by atoms with Gasteiger partial charge >= 0.3 is 0 Å². The number of likely N-dealkylation sites (N-methyl/N-ethyl adjacent to an activating group) is 1. The second kappa shape index (κ2) is 6.45. The molecule has 0 aliphatic carbocycles. The zero-order valence-corrected chi connectivity index (χ0v) is 14.2. The lowest BCUT2D eigenvalue weighted by Gasteiger charge is -2.27. The fraction of sp³-hybridized carbons (Fsp3) is 0.214. The smallest absolute Gasteiger partial charge is 0.265 e. The number of thiocarbonyl (C=S) groups is 1. The highest BCUT2D eigenvalue weighted by molar-refractivity contribution is 9.10. The Morgan fingerprint density at radius 1 is 1.45 bits per heavy atom. The molecule has 0 unspecified atom stereocenters. The lowest BCUT2D eigenvalue weighted by molar-refractivity contribution is -0.128. The van der Waals surface area contributed by atoms with Crippen molar-refractivity contribution in [3.63, 3.8) is 0 Å². The van der Waals surface area contributed by atoms with E-state index in [4.69, 9.17) is 17.0 Å². The van der Waals surface area contributed by atoms with Crippen molar-refractivity contribution in [2.45, 2.75) is 6.92 Å². The second-order valence-electron chi connectivity index (χ2n) is 4.41. The summed E-state index contributed by atoms with van der Waals surface area (Å²) in [5.41, 5.74) is 0.487. The molecule has 2 rings (SSSR count). The van der Waals surface area contributed by atoms with Gasteiger partial charge < -0.3 is 9.84 Å². The number of aromatic hydroxyl groups is 1. The van der Waals surface area contributed by atoms with Gasteiger partial charge in [-0.05, 0) is 42.9 Å². The summed E-state index contributed by atoms with van der Waals surface area (Å²) in [6.45, 7) is 2.12. The van der Waals surface area contributed by atoms with Crippen molar-refractivity contribution in [1.82, 2.24) is 10.2 Å². The van der Waals surface area contributed by atoms with Gasteiger partial charge in [-0.2, -0.15) is 0 Å². The number of phenols is 1. The first kappa shape index (κ1) is 16.4. The number of rotatable bonds is 3. The molecule has 0 bridgehead atoms. The molecule has 22 heavy (non-hydrogen) atoms. The number of hydrogen-bond acceptors (Lipinski definition) is 5. The van der Waals surface area contributed by atoms with E-state index in [1.165, 1.54) is 30.2 Å². The van der Waals surface area contributed by atoms with Crippen LogP contribution in [0.2, 0.25) is 0 Å². The SMILES string of the molecule is CCN1C(=O)/C(=C/c2cc(OC)c(O)cc2Br)C(=O)NC1=S. The van der Waals surface area contributed by atoms with Crippen LogP contribution in [0.3, 0.4) is 0 Å². The van der Waals surface area contributed by atoms with Gasteiger partial charge in [0.05, 0.1) is 7.11 Å². The summed E-state index contributed by atoms with van der Waals surface area (Å²) in [5.74, 6) is -0.831. The maximum Gasteiger partial charge on any atom is 0.265 e. The molecule has 0 atom stereocenters. The van der Waals surface area contributed by atoms with E-state index in [2.05, 4.69) is 21.2 Å². The quantitative estimate of drug-likeness (QED) is 0.472. The first-order valence-electron chi connectivity index (χ1n) is 6.34. The minimum Gasteiger partial charge on any atom is -0.504 e. The van der Waals surface area contributed by atoms with Crippen molar-refractivity contribution < 1.29 is 19.4 Å². The van der Waals surface area contributed by atoms with Crippen molar-refractivity contribution in [1.29, 1.82) is 0 Å². The summed E-state index contributed by atoms with van der Waals surface area (Å²) in [4.78, 5) is 25.6. The van der Waals surface area contributed by atoms with Gasteiger partial charge in [0.1, 0.15) is 5.57 Å². The number of carbonyl (C=O) groups excluding carboxylic acids is 2. The molecule has 1 aliphatic heterocycles. The first-order valence-corrected chi connectivity index (χ1v) is 7.54. The third-order valence-electron chi connectivity index (χ3n) is 3.10. The summed E-state index contributed by atoms with van der Waals surface area (Å²) in [6.07, 6.45) is 1.42. The van der Waals surface area contributed by atoms with Crippen LogP contribution < -0.4 is 10.1 Å². The third-order valence-corrected chi connectivity index (χ3v) is 4.11. The number of methoxy groups -OCH3 is 1. The molecule has 1 saturated heterocycles. The van der Waals surface area contributed by atoms with E-state index in [1.54, 1.807) is 6.92 Å². The molecule has 1 heterocycles. The van der Waals surface area contributed by atoms with E-state index in [0.717, 1.165) is 0 Å². The number of nitrogens with one attached hydrogen (secondary N) is 1. The van der Waals surface area contributed by atoms with E-state index in [1.807, 2.05) is 0 Å². The topological polar surface area (TPSA) is 78.9 Å². The Labute approximate surface area is 140 Å². The van der Waals surface area contributed by atoms with Crippen LogP contribution in [-0.2, 0) is 9.59 Å². The molecule has 0 saturated carbocycles. The van der Waals surface area contributed by atoms with Crippen LogP contribution >= 0.6 is 28.1 Å². The van der Waals surface area contributed by atoms with Crippen molar-refractivity contribution in [3.05, 3.63) is 27.7 Å². The molecule has 6 nitrogen and oxygen atoms in total. The predicted molar refractivity (Wildman–Crippen MR) is 88.5 cm³/mol. The zero-order valence-electron chi connectivity index (χ0n) is 11.8. The van der Waals surface area contributed by atoms with Gasteiger partial charge in [-0.3, -0.25) is 19.8 Å². The highest BCUT2D eigenvalue weighted by Gasteiger charge is 2.32. The number of nitrogens with zero attached hydrogens (tertiary/aromatic N) is 1. The summed E-state index contributed by atoms with van der Waals surface area (Å²) in [7, 11) is 1.41. The number of ether oxygens (including phenoxy) is 1. The molecule has 0 spiro atoms. The Balaban J connectivity index is 2.50. The van der Waals surface area contributed by atoms with E-state index >= 15 is 0 Å². The van der Waals surface area contributed by atoms with Crippen molar-refractivity contribution in [2.75, 3.05) is 13.7 Å². The molecule has 116 valence electrons.